The van der Waals surface area contributed by atoms with E-state index in [1.807, 2.05) is 19.9 Å². The summed E-state index contributed by atoms with van der Waals surface area (Å²) in [4.78, 5) is 11.7. The number of carbonyl (C=O) groups is 1. The SMILES string of the molecule is Cc1ccc(C(=O)COCCCC(F)(F)F)cc1C. The van der Waals surface area contributed by atoms with Crippen LogP contribution in [-0.2, 0) is 4.74 Å². The van der Waals surface area contributed by atoms with Gasteiger partial charge in [0.1, 0.15) is 6.61 Å². The maximum Gasteiger partial charge on any atom is 0.389 e. The van der Waals surface area contributed by atoms with E-state index in [9.17, 15) is 18.0 Å². The van der Waals surface area contributed by atoms with Crippen molar-refractivity contribution in [3.8, 4) is 0 Å². The second-order valence-electron chi connectivity index (χ2n) is 4.49. The molecule has 0 aliphatic heterocycles. The Morgan fingerprint density at radius 1 is 1.21 bits per heavy atom. The minimum absolute atomic E-state index is 0.0594. The van der Waals surface area contributed by atoms with Crippen molar-refractivity contribution in [1.29, 1.82) is 0 Å². The van der Waals surface area contributed by atoms with Gasteiger partial charge in [-0.2, -0.15) is 13.2 Å². The van der Waals surface area contributed by atoms with Crippen molar-refractivity contribution in [1.82, 2.24) is 0 Å². The number of ether oxygens (including phenoxy) is 1. The van der Waals surface area contributed by atoms with Gasteiger partial charge in [0.05, 0.1) is 0 Å². The third-order valence-corrected chi connectivity index (χ3v) is 2.81. The number of aryl methyl sites for hydroxylation is 2. The lowest BCUT2D eigenvalue weighted by Gasteiger charge is -2.07. The first kappa shape index (κ1) is 15.7. The van der Waals surface area contributed by atoms with Crippen molar-refractivity contribution in [2.75, 3.05) is 13.2 Å². The molecule has 0 unspecified atom stereocenters. The molecule has 0 heterocycles. The first-order valence-electron chi connectivity index (χ1n) is 6.04. The number of benzene rings is 1. The zero-order valence-electron chi connectivity index (χ0n) is 11.0. The minimum Gasteiger partial charge on any atom is -0.373 e. The van der Waals surface area contributed by atoms with Crippen molar-refractivity contribution < 1.29 is 22.7 Å². The fourth-order valence-corrected chi connectivity index (χ4v) is 1.54. The Kier molecular flexibility index (Phi) is 5.54. The Balaban J connectivity index is 2.33. The Hall–Kier alpha value is -1.36. The largest absolute Gasteiger partial charge is 0.389 e. The number of ketones is 1. The van der Waals surface area contributed by atoms with Crippen LogP contribution in [0.5, 0.6) is 0 Å². The normalized spacial score (nSPS) is 11.6. The average molecular weight is 274 g/mol. The number of hydrogen-bond donors (Lipinski definition) is 0. The molecule has 19 heavy (non-hydrogen) atoms. The molecule has 5 heteroatoms. The summed E-state index contributed by atoms with van der Waals surface area (Å²) in [6.45, 7) is 3.60. The summed E-state index contributed by atoms with van der Waals surface area (Å²) in [5.74, 6) is -0.213. The second kappa shape index (κ2) is 6.70. The van der Waals surface area contributed by atoms with Crippen LogP contribution in [-0.4, -0.2) is 25.2 Å². The van der Waals surface area contributed by atoms with Gasteiger partial charge in [0, 0.05) is 18.6 Å². The predicted octanol–water partition coefficient (Wildman–Crippen LogP) is 3.85. The average Bonchev–Trinajstić information content (AvgIpc) is 2.30. The molecular formula is C14H17F3O2. The zero-order valence-corrected chi connectivity index (χ0v) is 11.0. The summed E-state index contributed by atoms with van der Waals surface area (Å²) < 4.78 is 40.6. The molecule has 0 saturated heterocycles. The first-order valence-corrected chi connectivity index (χ1v) is 6.04. The third-order valence-electron chi connectivity index (χ3n) is 2.81. The van der Waals surface area contributed by atoms with Gasteiger partial charge in [0.2, 0.25) is 0 Å². The molecule has 0 N–H and O–H groups in total. The highest BCUT2D eigenvalue weighted by Gasteiger charge is 2.25. The number of carbonyl (C=O) groups excluding carboxylic acids is 1. The topological polar surface area (TPSA) is 26.3 Å². The fraction of sp³-hybridized carbons (Fsp3) is 0.500. The van der Waals surface area contributed by atoms with Crippen molar-refractivity contribution in [3.05, 3.63) is 34.9 Å². The van der Waals surface area contributed by atoms with Crippen LogP contribution in [0.15, 0.2) is 18.2 Å². The molecule has 0 bridgehead atoms. The number of halogens is 3. The Bertz CT molecular complexity index is 439. The van der Waals surface area contributed by atoms with Gasteiger partial charge in [0.25, 0.3) is 0 Å². The quantitative estimate of drug-likeness (QED) is 0.582. The van der Waals surface area contributed by atoms with Crippen LogP contribution >= 0.6 is 0 Å². The summed E-state index contributed by atoms with van der Waals surface area (Å²) in [5, 5.41) is 0. The smallest absolute Gasteiger partial charge is 0.373 e. The monoisotopic (exact) mass is 274 g/mol. The lowest BCUT2D eigenvalue weighted by atomic mass is 10.0. The Morgan fingerprint density at radius 2 is 1.89 bits per heavy atom. The van der Waals surface area contributed by atoms with Crippen LogP contribution < -0.4 is 0 Å². The van der Waals surface area contributed by atoms with Gasteiger partial charge in [-0.3, -0.25) is 4.79 Å². The minimum atomic E-state index is -4.17. The summed E-state index contributed by atoms with van der Waals surface area (Å²) in [6, 6.07) is 5.30. The Morgan fingerprint density at radius 3 is 2.47 bits per heavy atom. The van der Waals surface area contributed by atoms with Gasteiger partial charge in [-0.25, -0.2) is 0 Å². The maximum atomic E-state index is 11.9. The first-order chi connectivity index (χ1) is 8.79. The molecule has 1 aromatic rings. The van der Waals surface area contributed by atoms with Gasteiger partial charge >= 0.3 is 6.18 Å². The zero-order chi connectivity index (χ0) is 14.5. The summed E-state index contributed by atoms with van der Waals surface area (Å²) in [7, 11) is 0. The molecule has 1 aromatic carbocycles. The fourth-order valence-electron chi connectivity index (χ4n) is 1.54. The van der Waals surface area contributed by atoms with Crippen molar-refractivity contribution in [3.63, 3.8) is 0 Å². The van der Waals surface area contributed by atoms with Crippen LogP contribution in [0.1, 0.15) is 34.3 Å². The molecule has 0 radical (unpaired) electrons. The molecule has 2 nitrogen and oxygen atoms in total. The summed E-state index contributed by atoms with van der Waals surface area (Å²) in [6.07, 6.45) is -5.17. The van der Waals surface area contributed by atoms with E-state index in [4.69, 9.17) is 4.74 Å². The lowest BCUT2D eigenvalue weighted by Crippen LogP contribution is -2.13. The second-order valence-corrected chi connectivity index (χ2v) is 4.49. The van der Waals surface area contributed by atoms with Crippen LogP contribution in [0.2, 0.25) is 0 Å². The highest BCUT2D eigenvalue weighted by atomic mass is 19.4. The van der Waals surface area contributed by atoms with Crippen molar-refractivity contribution >= 4 is 5.78 Å². The molecule has 0 spiro atoms. The molecule has 106 valence electrons. The van der Waals surface area contributed by atoms with Gasteiger partial charge < -0.3 is 4.74 Å². The molecule has 1 rings (SSSR count). The predicted molar refractivity (Wildman–Crippen MR) is 66.4 cm³/mol. The van der Waals surface area contributed by atoms with Crippen LogP contribution in [0.25, 0.3) is 0 Å². The standard InChI is InChI=1S/C14H17F3O2/c1-10-4-5-12(8-11(10)2)13(18)9-19-7-3-6-14(15,16)17/h4-5,8H,3,6-7,9H2,1-2H3. The van der Waals surface area contributed by atoms with E-state index in [2.05, 4.69) is 0 Å². The van der Waals surface area contributed by atoms with E-state index < -0.39 is 12.6 Å². The van der Waals surface area contributed by atoms with Gasteiger partial charge in [-0.05, 0) is 37.5 Å². The molecule has 0 aliphatic rings. The van der Waals surface area contributed by atoms with E-state index in [1.54, 1.807) is 12.1 Å². The van der Waals surface area contributed by atoms with Gasteiger partial charge in [0.15, 0.2) is 5.78 Å². The highest BCUT2D eigenvalue weighted by molar-refractivity contribution is 5.97. The molecule has 0 aromatic heterocycles. The van der Waals surface area contributed by atoms with Gasteiger partial charge in [-0.15, -0.1) is 0 Å². The number of alkyl halides is 3. The summed E-state index contributed by atoms with van der Waals surface area (Å²) in [5.41, 5.74) is 2.62. The molecular weight excluding hydrogens is 257 g/mol. The number of hydrogen-bond acceptors (Lipinski definition) is 2. The van der Waals surface area contributed by atoms with E-state index in [0.717, 1.165) is 11.1 Å². The molecule has 0 atom stereocenters. The van der Waals surface area contributed by atoms with Crippen molar-refractivity contribution in [2.24, 2.45) is 0 Å². The number of rotatable bonds is 6. The highest BCUT2D eigenvalue weighted by Crippen LogP contribution is 2.21. The summed E-state index contributed by atoms with van der Waals surface area (Å²) >= 11 is 0. The molecule has 0 amide bonds. The lowest BCUT2D eigenvalue weighted by molar-refractivity contribution is -0.137. The van der Waals surface area contributed by atoms with E-state index >= 15 is 0 Å². The molecule has 0 saturated carbocycles. The van der Waals surface area contributed by atoms with Crippen LogP contribution in [0.4, 0.5) is 13.2 Å². The van der Waals surface area contributed by atoms with Crippen molar-refractivity contribution in [2.45, 2.75) is 32.9 Å². The molecule has 0 aliphatic carbocycles. The van der Waals surface area contributed by atoms with E-state index in [1.165, 1.54) is 0 Å². The number of Topliss-reactive ketones (excluding diaryl/α,β-unsaturated/α-hetero) is 1. The van der Waals surface area contributed by atoms with Gasteiger partial charge in [-0.1, -0.05) is 12.1 Å². The van der Waals surface area contributed by atoms with Crippen LogP contribution in [0, 0.1) is 13.8 Å². The Labute approximate surface area is 110 Å². The van der Waals surface area contributed by atoms with Crippen LogP contribution in [0.3, 0.4) is 0 Å². The van der Waals surface area contributed by atoms with E-state index in [-0.39, 0.29) is 25.4 Å². The molecule has 0 fully saturated rings. The third kappa shape index (κ3) is 5.87. The maximum absolute atomic E-state index is 11.9. The van der Waals surface area contributed by atoms with E-state index in [0.29, 0.717) is 5.56 Å².